The molecule has 0 spiro atoms. The number of rotatable bonds is 10. The number of sulfonamides is 1. The van der Waals surface area contributed by atoms with Crippen LogP contribution < -0.4 is 10.0 Å². The number of aliphatic hydroxyl groups excluding tert-OH is 1. The molecule has 7 heteroatoms. The summed E-state index contributed by atoms with van der Waals surface area (Å²) in [7, 11) is -3.63. The SMILES string of the molecule is CCNCc1ccc(S(=O)(=O)NCC(C)(C)CCCO)o1. The predicted octanol–water partition coefficient (Wildman–Crippen LogP) is 1.47. The summed E-state index contributed by atoms with van der Waals surface area (Å²) in [6.45, 7) is 7.61. The first kappa shape index (κ1) is 18.2. The van der Waals surface area contributed by atoms with Crippen LogP contribution in [0.2, 0.25) is 0 Å². The molecule has 0 saturated carbocycles. The molecule has 0 aliphatic carbocycles. The molecule has 21 heavy (non-hydrogen) atoms. The molecule has 0 bridgehead atoms. The van der Waals surface area contributed by atoms with E-state index in [0.717, 1.165) is 13.0 Å². The third kappa shape index (κ3) is 6.17. The van der Waals surface area contributed by atoms with Crippen LogP contribution in [-0.4, -0.2) is 33.2 Å². The Labute approximate surface area is 127 Å². The maximum atomic E-state index is 12.2. The Bertz CT molecular complexity index is 523. The van der Waals surface area contributed by atoms with E-state index in [1.807, 2.05) is 20.8 Å². The van der Waals surface area contributed by atoms with Gasteiger partial charge in [0.05, 0.1) is 6.54 Å². The van der Waals surface area contributed by atoms with Gasteiger partial charge in [0.1, 0.15) is 5.76 Å². The van der Waals surface area contributed by atoms with Gasteiger partial charge in [0.15, 0.2) is 0 Å². The topological polar surface area (TPSA) is 91.6 Å². The van der Waals surface area contributed by atoms with Crippen molar-refractivity contribution in [2.45, 2.75) is 45.2 Å². The highest BCUT2D eigenvalue weighted by atomic mass is 32.2. The minimum atomic E-state index is -3.63. The van der Waals surface area contributed by atoms with Gasteiger partial charge < -0.3 is 14.8 Å². The molecular weight excluding hydrogens is 292 g/mol. The second kappa shape index (κ2) is 7.93. The molecule has 0 atom stereocenters. The molecule has 0 unspecified atom stereocenters. The van der Waals surface area contributed by atoms with Crippen LogP contribution in [0.1, 0.15) is 39.4 Å². The van der Waals surface area contributed by atoms with E-state index < -0.39 is 10.0 Å². The molecule has 122 valence electrons. The van der Waals surface area contributed by atoms with E-state index in [1.54, 1.807) is 6.07 Å². The van der Waals surface area contributed by atoms with Crippen LogP contribution in [0.25, 0.3) is 0 Å². The summed E-state index contributed by atoms with van der Waals surface area (Å²) in [5.41, 5.74) is -0.213. The van der Waals surface area contributed by atoms with Gasteiger partial charge in [-0.2, -0.15) is 0 Å². The molecular formula is C14H26N2O4S. The van der Waals surface area contributed by atoms with Crippen LogP contribution in [0, 0.1) is 5.41 Å². The lowest BCUT2D eigenvalue weighted by Gasteiger charge is -2.24. The molecule has 1 aromatic heterocycles. The number of nitrogens with one attached hydrogen (secondary N) is 2. The van der Waals surface area contributed by atoms with Crippen molar-refractivity contribution in [1.82, 2.24) is 10.0 Å². The smallest absolute Gasteiger partial charge is 0.273 e. The fraction of sp³-hybridized carbons (Fsp3) is 0.714. The lowest BCUT2D eigenvalue weighted by Crippen LogP contribution is -2.34. The number of hydrogen-bond acceptors (Lipinski definition) is 5. The van der Waals surface area contributed by atoms with Crippen LogP contribution >= 0.6 is 0 Å². The Morgan fingerprint density at radius 3 is 2.67 bits per heavy atom. The lowest BCUT2D eigenvalue weighted by atomic mass is 9.88. The summed E-state index contributed by atoms with van der Waals surface area (Å²) < 4.78 is 32.2. The van der Waals surface area contributed by atoms with E-state index in [4.69, 9.17) is 9.52 Å². The first-order valence-electron chi connectivity index (χ1n) is 7.21. The fourth-order valence-electron chi connectivity index (χ4n) is 1.85. The van der Waals surface area contributed by atoms with Crippen molar-refractivity contribution in [3.8, 4) is 0 Å². The van der Waals surface area contributed by atoms with Gasteiger partial charge in [0, 0.05) is 13.2 Å². The molecule has 0 radical (unpaired) electrons. The van der Waals surface area contributed by atoms with Crippen molar-refractivity contribution in [2.24, 2.45) is 5.41 Å². The molecule has 0 fully saturated rings. The standard InChI is InChI=1S/C14H26N2O4S/c1-4-15-10-12-6-7-13(20-12)21(18,19)16-11-14(2,3)8-5-9-17/h6-7,15-17H,4-5,8-11H2,1-3H3. The normalized spacial score (nSPS) is 12.8. The Balaban J connectivity index is 2.62. The molecule has 3 N–H and O–H groups in total. The molecule has 0 aliphatic heterocycles. The second-order valence-corrected chi connectivity index (χ2v) is 7.51. The third-order valence-electron chi connectivity index (χ3n) is 3.20. The minimum absolute atomic E-state index is 0.0617. The van der Waals surface area contributed by atoms with E-state index in [1.165, 1.54) is 6.07 Å². The monoisotopic (exact) mass is 318 g/mol. The second-order valence-electron chi connectivity index (χ2n) is 5.82. The van der Waals surface area contributed by atoms with Crippen molar-refractivity contribution in [2.75, 3.05) is 19.7 Å². The molecule has 0 amide bonds. The van der Waals surface area contributed by atoms with Gasteiger partial charge in [-0.3, -0.25) is 0 Å². The van der Waals surface area contributed by atoms with E-state index in [-0.39, 0.29) is 17.1 Å². The van der Waals surface area contributed by atoms with Crippen LogP contribution in [0.15, 0.2) is 21.6 Å². The first-order valence-corrected chi connectivity index (χ1v) is 8.69. The summed E-state index contributed by atoms with van der Waals surface area (Å²) in [6.07, 6.45) is 1.40. The molecule has 6 nitrogen and oxygen atoms in total. The molecule has 0 saturated heterocycles. The zero-order valence-corrected chi connectivity index (χ0v) is 13.8. The number of hydrogen-bond donors (Lipinski definition) is 3. The van der Waals surface area contributed by atoms with Crippen molar-refractivity contribution < 1.29 is 17.9 Å². The van der Waals surface area contributed by atoms with E-state index in [9.17, 15) is 8.42 Å². The van der Waals surface area contributed by atoms with Crippen molar-refractivity contribution in [3.63, 3.8) is 0 Å². The maximum Gasteiger partial charge on any atom is 0.273 e. The highest BCUT2D eigenvalue weighted by Gasteiger charge is 2.24. The van der Waals surface area contributed by atoms with Gasteiger partial charge in [-0.1, -0.05) is 20.8 Å². The largest absolute Gasteiger partial charge is 0.447 e. The predicted molar refractivity (Wildman–Crippen MR) is 81.4 cm³/mol. The summed E-state index contributed by atoms with van der Waals surface area (Å²) in [4.78, 5) is 0. The van der Waals surface area contributed by atoms with Gasteiger partial charge in [0.25, 0.3) is 10.0 Å². The van der Waals surface area contributed by atoms with Crippen LogP contribution in [0.5, 0.6) is 0 Å². The van der Waals surface area contributed by atoms with Gasteiger partial charge in [-0.15, -0.1) is 0 Å². The minimum Gasteiger partial charge on any atom is -0.447 e. The molecule has 0 aromatic carbocycles. The van der Waals surface area contributed by atoms with Gasteiger partial charge in [-0.25, -0.2) is 13.1 Å². The Morgan fingerprint density at radius 1 is 1.33 bits per heavy atom. The average Bonchev–Trinajstić information content (AvgIpc) is 2.91. The van der Waals surface area contributed by atoms with Crippen molar-refractivity contribution in [1.29, 1.82) is 0 Å². The van der Waals surface area contributed by atoms with Crippen molar-refractivity contribution >= 4 is 10.0 Å². The quantitative estimate of drug-likeness (QED) is 0.607. The zero-order valence-electron chi connectivity index (χ0n) is 13.0. The summed E-state index contributed by atoms with van der Waals surface area (Å²) in [5.74, 6) is 0.594. The van der Waals surface area contributed by atoms with Crippen LogP contribution in [-0.2, 0) is 16.6 Å². The summed E-state index contributed by atoms with van der Waals surface area (Å²) >= 11 is 0. The van der Waals surface area contributed by atoms with Gasteiger partial charge in [0.2, 0.25) is 5.09 Å². The first-order chi connectivity index (χ1) is 9.80. The number of aliphatic hydroxyl groups is 1. The lowest BCUT2D eigenvalue weighted by molar-refractivity contribution is 0.242. The Hall–Kier alpha value is -0.890. The van der Waals surface area contributed by atoms with Crippen molar-refractivity contribution in [3.05, 3.63) is 17.9 Å². The average molecular weight is 318 g/mol. The van der Waals surface area contributed by atoms with Gasteiger partial charge in [-0.05, 0) is 36.9 Å². The molecule has 1 heterocycles. The van der Waals surface area contributed by atoms with E-state index >= 15 is 0 Å². The summed E-state index contributed by atoms with van der Waals surface area (Å²) in [6, 6.07) is 3.13. The maximum absolute atomic E-state index is 12.2. The zero-order chi connectivity index (χ0) is 15.9. The van der Waals surface area contributed by atoms with Gasteiger partial charge >= 0.3 is 0 Å². The summed E-state index contributed by atoms with van der Waals surface area (Å²) in [5, 5.41) is 11.9. The van der Waals surface area contributed by atoms with Crippen LogP contribution in [0.4, 0.5) is 0 Å². The molecule has 0 aliphatic rings. The third-order valence-corrected chi connectivity index (χ3v) is 4.48. The van der Waals surface area contributed by atoms with E-state index in [0.29, 0.717) is 25.3 Å². The molecule has 1 aromatic rings. The Morgan fingerprint density at radius 2 is 2.05 bits per heavy atom. The number of furan rings is 1. The highest BCUT2D eigenvalue weighted by Crippen LogP contribution is 2.22. The molecule has 1 rings (SSSR count). The fourth-order valence-corrected chi connectivity index (χ4v) is 3.04. The Kier molecular flexibility index (Phi) is 6.86. The van der Waals surface area contributed by atoms with E-state index in [2.05, 4.69) is 10.0 Å². The highest BCUT2D eigenvalue weighted by molar-refractivity contribution is 7.89. The van der Waals surface area contributed by atoms with Crippen LogP contribution in [0.3, 0.4) is 0 Å².